The van der Waals surface area contributed by atoms with E-state index in [-0.39, 0.29) is 6.61 Å². The minimum atomic E-state index is 0.253. The van der Waals surface area contributed by atoms with Crippen molar-refractivity contribution in [3.05, 3.63) is 12.7 Å². The van der Waals surface area contributed by atoms with Crippen LogP contribution in [0.5, 0.6) is 0 Å². The van der Waals surface area contributed by atoms with Gasteiger partial charge in [0, 0.05) is 6.61 Å². The van der Waals surface area contributed by atoms with Crippen molar-refractivity contribution < 1.29 is 5.11 Å². The molecule has 0 aromatic heterocycles. The molecule has 1 unspecified atom stereocenters. The van der Waals surface area contributed by atoms with Crippen LogP contribution in [-0.2, 0) is 0 Å². The van der Waals surface area contributed by atoms with Crippen LogP contribution in [0.15, 0.2) is 12.7 Å². The van der Waals surface area contributed by atoms with Gasteiger partial charge in [-0.3, -0.25) is 0 Å². The molecule has 1 N–H and O–H groups in total. The second-order valence-electron chi connectivity index (χ2n) is 2.32. The Kier molecular flexibility index (Phi) is 5.64. The van der Waals surface area contributed by atoms with Gasteiger partial charge < -0.3 is 5.11 Å². The predicted molar refractivity (Wildman–Crippen MR) is 40.3 cm³/mol. The smallest absolute Gasteiger partial charge is 0.0493 e. The summed E-state index contributed by atoms with van der Waals surface area (Å²) >= 11 is 0. The standard InChI is InChI=1S/C8H16O/c1-3-5-6-8(4-2)7-9/h4,8-9H,2-3,5-7H2,1H3. The molecule has 0 radical (unpaired) electrons. The third-order valence-electron chi connectivity index (χ3n) is 1.50. The number of aliphatic hydroxyl groups is 1. The lowest BCUT2D eigenvalue weighted by Crippen LogP contribution is -2.00. The summed E-state index contributed by atoms with van der Waals surface area (Å²) < 4.78 is 0. The highest BCUT2D eigenvalue weighted by Gasteiger charge is 1.98. The highest BCUT2D eigenvalue weighted by molar-refractivity contribution is 4.77. The van der Waals surface area contributed by atoms with Crippen molar-refractivity contribution >= 4 is 0 Å². The SMILES string of the molecule is C=CC(CO)CCCC. The van der Waals surface area contributed by atoms with Crippen molar-refractivity contribution in [2.75, 3.05) is 6.61 Å². The van der Waals surface area contributed by atoms with Crippen LogP contribution in [0.3, 0.4) is 0 Å². The summed E-state index contributed by atoms with van der Waals surface area (Å²) in [5.74, 6) is 0.324. The third kappa shape index (κ3) is 4.22. The Hall–Kier alpha value is -0.300. The topological polar surface area (TPSA) is 20.2 Å². The quantitative estimate of drug-likeness (QED) is 0.561. The largest absolute Gasteiger partial charge is 0.396 e. The highest BCUT2D eigenvalue weighted by Crippen LogP contribution is 2.07. The molecule has 1 nitrogen and oxygen atoms in total. The van der Waals surface area contributed by atoms with Gasteiger partial charge in [0.05, 0.1) is 0 Å². The highest BCUT2D eigenvalue weighted by atomic mass is 16.3. The first kappa shape index (κ1) is 8.70. The van der Waals surface area contributed by atoms with Crippen molar-refractivity contribution in [1.82, 2.24) is 0 Å². The molecule has 0 aliphatic rings. The molecule has 1 heteroatoms. The normalized spacial score (nSPS) is 13.1. The molecule has 9 heavy (non-hydrogen) atoms. The van der Waals surface area contributed by atoms with E-state index in [0.29, 0.717) is 5.92 Å². The monoisotopic (exact) mass is 128 g/mol. The number of hydrogen-bond acceptors (Lipinski definition) is 1. The third-order valence-corrected chi connectivity index (χ3v) is 1.50. The van der Waals surface area contributed by atoms with E-state index < -0.39 is 0 Å². The summed E-state index contributed by atoms with van der Waals surface area (Å²) in [4.78, 5) is 0. The summed E-state index contributed by atoms with van der Waals surface area (Å²) in [6, 6.07) is 0. The van der Waals surface area contributed by atoms with Crippen molar-refractivity contribution in [2.45, 2.75) is 26.2 Å². The Bertz CT molecular complexity index is 69.0. The molecule has 0 aromatic rings. The molecular weight excluding hydrogens is 112 g/mol. The maximum absolute atomic E-state index is 8.68. The fraction of sp³-hybridized carbons (Fsp3) is 0.750. The van der Waals surface area contributed by atoms with Gasteiger partial charge in [-0.25, -0.2) is 0 Å². The van der Waals surface area contributed by atoms with Gasteiger partial charge >= 0.3 is 0 Å². The zero-order valence-corrected chi connectivity index (χ0v) is 6.14. The van der Waals surface area contributed by atoms with Crippen LogP contribution in [-0.4, -0.2) is 11.7 Å². The number of unbranched alkanes of at least 4 members (excludes halogenated alkanes) is 1. The molecular formula is C8H16O. The van der Waals surface area contributed by atoms with E-state index in [9.17, 15) is 0 Å². The molecule has 0 fully saturated rings. The van der Waals surface area contributed by atoms with Gasteiger partial charge in [-0.2, -0.15) is 0 Å². The van der Waals surface area contributed by atoms with Gasteiger partial charge in [-0.15, -0.1) is 6.58 Å². The van der Waals surface area contributed by atoms with Crippen LogP contribution in [0.2, 0.25) is 0 Å². The number of aliphatic hydroxyl groups excluding tert-OH is 1. The Balaban J connectivity index is 3.20. The Morgan fingerprint density at radius 3 is 2.67 bits per heavy atom. The zero-order chi connectivity index (χ0) is 7.11. The number of hydrogen-bond donors (Lipinski definition) is 1. The minimum absolute atomic E-state index is 0.253. The Labute approximate surface area is 57.4 Å². The zero-order valence-electron chi connectivity index (χ0n) is 6.14. The van der Waals surface area contributed by atoms with Crippen LogP contribution in [0, 0.1) is 5.92 Å². The lowest BCUT2D eigenvalue weighted by atomic mass is 10.0. The van der Waals surface area contributed by atoms with Crippen molar-refractivity contribution in [2.24, 2.45) is 5.92 Å². The second-order valence-corrected chi connectivity index (χ2v) is 2.32. The lowest BCUT2D eigenvalue weighted by Gasteiger charge is -2.05. The van der Waals surface area contributed by atoms with Crippen molar-refractivity contribution in [3.8, 4) is 0 Å². The van der Waals surface area contributed by atoms with Crippen LogP contribution < -0.4 is 0 Å². The van der Waals surface area contributed by atoms with Gasteiger partial charge in [0.25, 0.3) is 0 Å². The summed E-state index contributed by atoms with van der Waals surface area (Å²) in [6.07, 6.45) is 5.30. The molecule has 1 atom stereocenters. The van der Waals surface area contributed by atoms with Gasteiger partial charge in [-0.1, -0.05) is 25.8 Å². The van der Waals surface area contributed by atoms with E-state index in [1.165, 1.54) is 12.8 Å². The molecule has 0 saturated carbocycles. The van der Waals surface area contributed by atoms with Crippen LogP contribution in [0.25, 0.3) is 0 Å². The van der Waals surface area contributed by atoms with E-state index in [2.05, 4.69) is 13.5 Å². The van der Waals surface area contributed by atoms with Crippen LogP contribution >= 0.6 is 0 Å². The molecule has 0 aliphatic heterocycles. The van der Waals surface area contributed by atoms with E-state index in [0.717, 1.165) is 6.42 Å². The average molecular weight is 128 g/mol. The second kappa shape index (κ2) is 5.83. The molecule has 0 aromatic carbocycles. The summed E-state index contributed by atoms with van der Waals surface area (Å²) in [6.45, 7) is 6.03. The minimum Gasteiger partial charge on any atom is -0.396 e. The molecule has 0 bridgehead atoms. The van der Waals surface area contributed by atoms with E-state index in [1.54, 1.807) is 0 Å². The van der Waals surface area contributed by atoms with Gasteiger partial charge in [-0.05, 0) is 12.3 Å². The Morgan fingerprint density at radius 1 is 1.67 bits per heavy atom. The Morgan fingerprint density at radius 2 is 2.33 bits per heavy atom. The first-order chi connectivity index (χ1) is 4.35. The van der Waals surface area contributed by atoms with Crippen molar-refractivity contribution in [3.63, 3.8) is 0 Å². The van der Waals surface area contributed by atoms with E-state index in [1.807, 2.05) is 6.08 Å². The first-order valence-electron chi connectivity index (χ1n) is 3.58. The molecule has 54 valence electrons. The summed E-state index contributed by atoms with van der Waals surface area (Å²) in [5.41, 5.74) is 0. The van der Waals surface area contributed by atoms with E-state index in [4.69, 9.17) is 5.11 Å². The molecule has 0 heterocycles. The molecule has 0 rings (SSSR count). The summed E-state index contributed by atoms with van der Waals surface area (Å²) in [7, 11) is 0. The first-order valence-corrected chi connectivity index (χ1v) is 3.58. The molecule has 0 amide bonds. The van der Waals surface area contributed by atoms with E-state index >= 15 is 0 Å². The number of rotatable bonds is 5. The maximum atomic E-state index is 8.68. The molecule has 0 saturated heterocycles. The van der Waals surface area contributed by atoms with Crippen LogP contribution in [0.1, 0.15) is 26.2 Å². The van der Waals surface area contributed by atoms with Gasteiger partial charge in [0.1, 0.15) is 0 Å². The maximum Gasteiger partial charge on any atom is 0.0493 e. The lowest BCUT2D eigenvalue weighted by molar-refractivity contribution is 0.244. The molecule has 0 spiro atoms. The summed E-state index contributed by atoms with van der Waals surface area (Å²) in [5, 5.41) is 8.68. The fourth-order valence-electron chi connectivity index (χ4n) is 0.750. The predicted octanol–water partition coefficient (Wildman–Crippen LogP) is 1.97. The van der Waals surface area contributed by atoms with Gasteiger partial charge in [0.2, 0.25) is 0 Å². The average Bonchev–Trinajstić information content (AvgIpc) is 1.91. The van der Waals surface area contributed by atoms with Gasteiger partial charge in [0.15, 0.2) is 0 Å². The van der Waals surface area contributed by atoms with Crippen LogP contribution in [0.4, 0.5) is 0 Å². The fourth-order valence-corrected chi connectivity index (χ4v) is 0.750. The molecule has 0 aliphatic carbocycles. The van der Waals surface area contributed by atoms with Crippen molar-refractivity contribution in [1.29, 1.82) is 0 Å².